The van der Waals surface area contributed by atoms with E-state index in [9.17, 15) is 0 Å². The Morgan fingerprint density at radius 2 is 2.17 bits per heavy atom. The highest BCUT2D eigenvalue weighted by molar-refractivity contribution is 5.28. The van der Waals surface area contributed by atoms with Gasteiger partial charge in [-0.1, -0.05) is 12.1 Å². The topological polar surface area (TPSA) is 49.7 Å². The molecule has 0 saturated heterocycles. The molecule has 0 unspecified atom stereocenters. The molecule has 0 amide bonds. The van der Waals surface area contributed by atoms with Crippen LogP contribution in [0.15, 0.2) is 24.3 Å². The average Bonchev–Trinajstić information content (AvgIpc) is 2.05. The van der Waals surface area contributed by atoms with Crippen LogP contribution in [0.25, 0.3) is 0 Å². The highest BCUT2D eigenvalue weighted by Gasteiger charge is 2.02. The second-order valence-electron chi connectivity index (χ2n) is 2.38. The van der Waals surface area contributed by atoms with Gasteiger partial charge in [0.2, 0.25) is 0 Å². The summed E-state index contributed by atoms with van der Waals surface area (Å²) in [5.41, 5.74) is 0.445. The lowest BCUT2D eigenvalue weighted by molar-refractivity contribution is -0.0426. The zero-order valence-corrected chi connectivity index (χ0v) is 6.90. The van der Waals surface area contributed by atoms with E-state index in [-0.39, 0.29) is 0 Å². The summed E-state index contributed by atoms with van der Waals surface area (Å²) in [7, 11) is 0. The Bertz CT molecular complexity index is 245. The minimum Gasteiger partial charge on any atom is -0.494 e. The van der Waals surface area contributed by atoms with Gasteiger partial charge in [-0.2, -0.15) is 0 Å². The normalized spacial score (nSPS) is 10.3. The van der Waals surface area contributed by atoms with Crippen molar-refractivity contribution in [2.24, 2.45) is 0 Å². The number of ether oxygens (including phenoxy) is 1. The van der Waals surface area contributed by atoms with E-state index in [1.807, 2.05) is 6.92 Å². The van der Waals surface area contributed by atoms with E-state index in [1.165, 1.54) is 0 Å². The van der Waals surface area contributed by atoms with E-state index in [1.54, 1.807) is 24.3 Å². The van der Waals surface area contributed by atoms with Crippen LogP contribution in [0, 0.1) is 0 Å². The second-order valence-corrected chi connectivity index (χ2v) is 2.38. The van der Waals surface area contributed by atoms with Crippen LogP contribution in [0.5, 0.6) is 5.75 Å². The van der Waals surface area contributed by atoms with Gasteiger partial charge in [0.25, 0.3) is 0 Å². The quantitative estimate of drug-likeness (QED) is 0.664. The van der Waals surface area contributed by atoms with E-state index in [0.717, 1.165) is 0 Å². The maximum atomic E-state index is 8.82. The lowest BCUT2D eigenvalue weighted by Crippen LogP contribution is -1.96. The Kier molecular flexibility index (Phi) is 3.08. The Labute approximate surface area is 71.2 Å². The summed E-state index contributed by atoms with van der Waals surface area (Å²) in [6.45, 7) is 2.45. The van der Waals surface area contributed by atoms with Crippen molar-refractivity contribution in [2.45, 2.75) is 13.2 Å². The Hall–Kier alpha value is -1.06. The molecule has 0 saturated carbocycles. The third kappa shape index (κ3) is 2.22. The standard InChI is InChI=1S/C9H12O3/c1-2-12-8-5-3-4-7(6-8)9(10)11/h3-6,9-11H,2H2,1H3. The maximum Gasteiger partial charge on any atom is 0.178 e. The van der Waals surface area contributed by atoms with Crippen LogP contribution < -0.4 is 4.74 Å². The summed E-state index contributed by atoms with van der Waals surface area (Å²) in [5, 5.41) is 17.6. The SMILES string of the molecule is CCOc1cccc(C(O)O)c1. The van der Waals surface area contributed by atoms with Gasteiger partial charge >= 0.3 is 0 Å². The first-order valence-corrected chi connectivity index (χ1v) is 3.83. The summed E-state index contributed by atoms with van der Waals surface area (Å²) >= 11 is 0. The van der Waals surface area contributed by atoms with Crippen molar-refractivity contribution in [3.05, 3.63) is 29.8 Å². The molecule has 0 aliphatic heterocycles. The van der Waals surface area contributed by atoms with Crippen LogP contribution >= 0.6 is 0 Å². The van der Waals surface area contributed by atoms with Crippen LogP contribution in [-0.2, 0) is 0 Å². The van der Waals surface area contributed by atoms with Crippen LogP contribution in [-0.4, -0.2) is 16.8 Å². The van der Waals surface area contributed by atoms with Gasteiger partial charge in [0.1, 0.15) is 5.75 Å². The molecule has 0 aliphatic carbocycles. The molecular formula is C9H12O3. The molecule has 0 fully saturated rings. The molecule has 3 nitrogen and oxygen atoms in total. The summed E-state index contributed by atoms with van der Waals surface area (Å²) in [5.74, 6) is 0.656. The highest BCUT2D eigenvalue weighted by atomic mass is 16.5. The van der Waals surface area contributed by atoms with Crippen molar-refractivity contribution in [3.8, 4) is 5.75 Å². The zero-order chi connectivity index (χ0) is 8.97. The van der Waals surface area contributed by atoms with Gasteiger partial charge in [0, 0.05) is 5.56 Å². The lowest BCUT2D eigenvalue weighted by Gasteiger charge is -2.06. The zero-order valence-electron chi connectivity index (χ0n) is 6.90. The summed E-state index contributed by atoms with van der Waals surface area (Å²) in [6.07, 6.45) is -1.43. The van der Waals surface area contributed by atoms with Crippen molar-refractivity contribution in [1.29, 1.82) is 0 Å². The first kappa shape index (κ1) is 9.03. The fourth-order valence-corrected chi connectivity index (χ4v) is 0.932. The molecule has 3 heteroatoms. The number of aliphatic hydroxyl groups is 2. The Morgan fingerprint density at radius 3 is 2.75 bits per heavy atom. The van der Waals surface area contributed by atoms with Gasteiger partial charge in [0.05, 0.1) is 6.61 Å². The molecule has 12 heavy (non-hydrogen) atoms. The van der Waals surface area contributed by atoms with Crippen molar-refractivity contribution in [3.63, 3.8) is 0 Å². The second kappa shape index (κ2) is 4.09. The Balaban J connectivity index is 2.81. The predicted octanol–water partition coefficient (Wildman–Crippen LogP) is 1.07. The molecule has 0 heterocycles. The fraction of sp³-hybridized carbons (Fsp3) is 0.333. The molecule has 0 atom stereocenters. The number of hydrogen-bond acceptors (Lipinski definition) is 3. The fourth-order valence-electron chi connectivity index (χ4n) is 0.932. The molecule has 1 rings (SSSR count). The third-order valence-corrected chi connectivity index (χ3v) is 1.47. The summed E-state index contributed by atoms with van der Waals surface area (Å²) in [6, 6.07) is 6.73. The lowest BCUT2D eigenvalue weighted by atomic mass is 10.2. The predicted molar refractivity (Wildman–Crippen MR) is 44.8 cm³/mol. The average molecular weight is 168 g/mol. The number of aliphatic hydroxyl groups excluding tert-OH is 1. The molecule has 0 spiro atoms. The molecule has 1 aromatic carbocycles. The van der Waals surface area contributed by atoms with Gasteiger partial charge in [-0.25, -0.2) is 0 Å². The van der Waals surface area contributed by atoms with Gasteiger partial charge < -0.3 is 14.9 Å². The van der Waals surface area contributed by atoms with Crippen molar-refractivity contribution in [1.82, 2.24) is 0 Å². The smallest absolute Gasteiger partial charge is 0.178 e. The number of rotatable bonds is 3. The van der Waals surface area contributed by atoms with Gasteiger partial charge in [-0.15, -0.1) is 0 Å². The minimum absolute atomic E-state index is 0.445. The molecular weight excluding hydrogens is 156 g/mol. The summed E-state index contributed by atoms with van der Waals surface area (Å²) < 4.78 is 5.17. The van der Waals surface area contributed by atoms with Crippen LogP contribution in [0.3, 0.4) is 0 Å². The Morgan fingerprint density at radius 1 is 1.42 bits per heavy atom. The molecule has 0 aliphatic rings. The van der Waals surface area contributed by atoms with Crippen LogP contribution in [0.1, 0.15) is 18.8 Å². The molecule has 0 radical (unpaired) electrons. The first-order valence-electron chi connectivity index (χ1n) is 3.83. The van der Waals surface area contributed by atoms with Crippen molar-refractivity contribution < 1.29 is 14.9 Å². The van der Waals surface area contributed by atoms with E-state index < -0.39 is 6.29 Å². The van der Waals surface area contributed by atoms with Crippen molar-refractivity contribution >= 4 is 0 Å². The first-order chi connectivity index (χ1) is 5.74. The van der Waals surface area contributed by atoms with Crippen LogP contribution in [0.2, 0.25) is 0 Å². The van der Waals surface area contributed by atoms with E-state index in [4.69, 9.17) is 14.9 Å². The van der Waals surface area contributed by atoms with Crippen molar-refractivity contribution in [2.75, 3.05) is 6.61 Å². The maximum absolute atomic E-state index is 8.82. The minimum atomic E-state index is -1.43. The van der Waals surface area contributed by atoms with E-state index >= 15 is 0 Å². The van der Waals surface area contributed by atoms with Gasteiger partial charge in [-0.3, -0.25) is 0 Å². The number of hydrogen-bond donors (Lipinski definition) is 2. The molecule has 66 valence electrons. The monoisotopic (exact) mass is 168 g/mol. The van der Waals surface area contributed by atoms with Crippen LogP contribution in [0.4, 0.5) is 0 Å². The molecule has 0 bridgehead atoms. The largest absolute Gasteiger partial charge is 0.494 e. The number of benzene rings is 1. The van der Waals surface area contributed by atoms with Gasteiger partial charge in [0.15, 0.2) is 6.29 Å². The summed E-state index contributed by atoms with van der Waals surface area (Å²) in [4.78, 5) is 0. The molecule has 0 aromatic heterocycles. The molecule has 2 N–H and O–H groups in total. The van der Waals surface area contributed by atoms with E-state index in [0.29, 0.717) is 17.9 Å². The molecule has 1 aromatic rings. The van der Waals surface area contributed by atoms with E-state index in [2.05, 4.69) is 0 Å². The third-order valence-electron chi connectivity index (χ3n) is 1.47. The van der Waals surface area contributed by atoms with Gasteiger partial charge in [-0.05, 0) is 19.1 Å². The highest BCUT2D eigenvalue weighted by Crippen LogP contribution is 2.17.